The Labute approximate surface area is 232 Å². The summed E-state index contributed by atoms with van der Waals surface area (Å²) in [7, 11) is 4.16. The molecule has 2 aromatic carbocycles. The van der Waals surface area contributed by atoms with Crippen LogP contribution in [0.3, 0.4) is 0 Å². The topological polar surface area (TPSA) is 94.5 Å². The van der Waals surface area contributed by atoms with Crippen LogP contribution in [-0.2, 0) is 31.8 Å². The monoisotopic (exact) mass is 567 g/mol. The molecule has 0 aromatic heterocycles. The minimum Gasteiger partial charge on any atom is -0.465 e. The zero-order valence-electron chi connectivity index (χ0n) is 23.1. The van der Waals surface area contributed by atoms with Crippen LogP contribution >= 0.6 is 0 Å². The Balaban J connectivity index is 2.09. The van der Waals surface area contributed by atoms with Gasteiger partial charge >= 0.3 is 12.1 Å². The Hall–Kier alpha value is -3.15. The first kappa shape index (κ1) is 31.4. The molecule has 0 saturated heterocycles. The molecule has 2 aromatic rings. The molecule has 220 valence electrons. The quantitative estimate of drug-likeness (QED) is 0.354. The van der Waals surface area contributed by atoms with E-state index in [1.54, 1.807) is 0 Å². The van der Waals surface area contributed by atoms with Gasteiger partial charge in [0.2, 0.25) is 5.91 Å². The van der Waals surface area contributed by atoms with Crippen molar-refractivity contribution < 1.29 is 46.8 Å². The van der Waals surface area contributed by atoms with Crippen molar-refractivity contribution >= 4 is 17.6 Å². The number of methoxy groups -OCH3 is 3. The van der Waals surface area contributed by atoms with E-state index in [1.165, 1.54) is 50.5 Å². The average molecular weight is 568 g/mol. The number of alkyl halides is 3. The van der Waals surface area contributed by atoms with Gasteiger partial charge in [0.1, 0.15) is 11.5 Å². The number of rotatable bonds is 11. The maximum absolute atomic E-state index is 13.9. The molecular formula is C29H36F3NO7. The number of amides is 1. The van der Waals surface area contributed by atoms with E-state index in [0.29, 0.717) is 18.8 Å². The number of hydrogen-bond donors (Lipinski definition) is 1. The number of nitrogens with zero attached hydrogens (tertiary/aromatic N) is 1. The molecule has 8 nitrogen and oxygen atoms in total. The van der Waals surface area contributed by atoms with Crippen LogP contribution in [0.1, 0.15) is 54.1 Å². The Morgan fingerprint density at radius 2 is 1.65 bits per heavy atom. The van der Waals surface area contributed by atoms with Crippen LogP contribution in [0, 0.1) is 11.8 Å². The summed E-state index contributed by atoms with van der Waals surface area (Å²) < 4.78 is 62.5. The number of hydrogen-bond acceptors (Lipinski definition) is 7. The maximum atomic E-state index is 13.9. The van der Waals surface area contributed by atoms with Crippen molar-refractivity contribution in [3.63, 3.8) is 0 Å². The zero-order valence-corrected chi connectivity index (χ0v) is 23.1. The first-order valence-corrected chi connectivity index (χ1v) is 13.1. The minimum absolute atomic E-state index is 0.0599. The highest BCUT2D eigenvalue weighted by Gasteiger charge is 2.37. The fourth-order valence-corrected chi connectivity index (χ4v) is 4.96. The van der Waals surface area contributed by atoms with Gasteiger partial charge in [0.15, 0.2) is 0 Å². The molecule has 0 radical (unpaired) electrons. The van der Waals surface area contributed by atoms with E-state index in [9.17, 15) is 27.9 Å². The normalized spacial score (nSPS) is 17.5. The molecular weight excluding hydrogens is 531 g/mol. The van der Waals surface area contributed by atoms with Crippen LogP contribution in [0.25, 0.3) is 0 Å². The summed E-state index contributed by atoms with van der Waals surface area (Å²) in [4.78, 5) is 28.4. The van der Waals surface area contributed by atoms with Gasteiger partial charge in [0.25, 0.3) is 0 Å². The lowest BCUT2D eigenvalue weighted by atomic mass is 9.82. The fourth-order valence-electron chi connectivity index (χ4n) is 4.96. The van der Waals surface area contributed by atoms with Gasteiger partial charge in [-0.05, 0) is 67.5 Å². The lowest BCUT2D eigenvalue weighted by Crippen LogP contribution is -2.49. The first-order valence-electron chi connectivity index (χ1n) is 13.1. The average Bonchev–Trinajstić information content (AvgIpc) is 2.93. The van der Waals surface area contributed by atoms with E-state index in [1.807, 2.05) is 0 Å². The predicted octanol–water partition coefficient (Wildman–Crippen LogP) is 5.60. The van der Waals surface area contributed by atoms with Gasteiger partial charge < -0.3 is 29.0 Å². The first-order chi connectivity index (χ1) is 19.0. The van der Waals surface area contributed by atoms with E-state index < -0.39 is 36.1 Å². The van der Waals surface area contributed by atoms with Crippen LogP contribution in [0.15, 0.2) is 36.4 Å². The minimum atomic E-state index is -4.75. The Kier molecular flexibility index (Phi) is 11.0. The number of carbonyl (C=O) groups excluding carboxylic acids is 2. The molecule has 1 amide bonds. The van der Waals surface area contributed by atoms with Crippen LogP contribution in [-0.4, -0.2) is 57.6 Å². The number of aliphatic hydroxyl groups is 1. The number of anilines is 1. The second-order valence-corrected chi connectivity index (χ2v) is 9.99. The largest absolute Gasteiger partial charge is 0.465 e. The van der Waals surface area contributed by atoms with E-state index in [4.69, 9.17) is 18.9 Å². The molecule has 0 atom stereocenters. The highest BCUT2D eigenvalue weighted by Crippen LogP contribution is 2.40. The van der Waals surface area contributed by atoms with Crippen LogP contribution in [0.2, 0.25) is 0 Å². The number of esters is 1. The van der Waals surface area contributed by atoms with Crippen LogP contribution in [0.5, 0.6) is 11.5 Å². The number of ether oxygens (including phenoxy) is 4. The van der Waals surface area contributed by atoms with Crippen molar-refractivity contribution in [3.8, 4) is 11.5 Å². The maximum Gasteiger partial charge on any atom is 0.419 e. The number of aliphatic hydroxyl groups excluding tert-OH is 1. The molecule has 1 fully saturated rings. The Morgan fingerprint density at radius 1 is 1.00 bits per heavy atom. The van der Waals surface area contributed by atoms with Crippen molar-refractivity contribution in [2.45, 2.75) is 51.4 Å². The van der Waals surface area contributed by atoms with Gasteiger partial charge in [-0.3, -0.25) is 4.79 Å². The van der Waals surface area contributed by atoms with E-state index >= 15 is 0 Å². The van der Waals surface area contributed by atoms with Gasteiger partial charge in [0.05, 0.1) is 49.8 Å². The van der Waals surface area contributed by atoms with E-state index in [-0.39, 0.29) is 47.6 Å². The van der Waals surface area contributed by atoms with Crippen molar-refractivity contribution in [3.05, 3.63) is 53.1 Å². The van der Waals surface area contributed by atoms with Crippen molar-refractivity contribution in [1.29, 1.82) is 0 Å². The number of halogens is 3. The Bertz CT molecular complexity index is 1160. The second kappa shape index (κ2) is 14.0. The predicted molar refractivity (Wildman–Crippen MR) is 141 cm³/mol. The molecule has 1 aliphatic carbocycles. The van der Waals surface area contributed by atoms with Gasteiger partial charge in [-0.2, -0.15) is 13.2 Å². The molecule has 0 aliphatic heterocycles. The zero-order chi connectivity index (χ0) is 29.4. The van der Waals surface area contributed by atoms with Crippen molar-refractivity contribution in [2.24, 2.45) is 11.8 Å². The lowest BCUT2D eigenvalue weighted by molar-refractivity contribution is -0.138. The summed E-state index contributed by atoms with van der Waals surface area (Å²) in [5.74, 6) is -1.32. The molecule has 3 rings (SSSR count). The number of carbonyl (C=O) groups is 2. The summed E-state index contributed by atoms with van der Waals surface area (Å²) in [6.45, 7) is 1.81. The lowest BCUT2D eigenvalue weighted by Gasteiger charge is -2.36. The second-order valence-electron chi connectivity index (χ2n) is 9.99. The standard InChI is InChI=1S/C29H36F3NO7/c1-18-5-8-20(9-6-18)27(35)33(21(16-37-2)17-38-3)25-11-10-22(14-23(25)28(36)39-4)40-26-12-7-19(15-34)13-24(26)29(30,31)32/h7,10-14,18,20-21,34H,5-6,8-9,15-17H2,1-4H3. The molecule has 40 heavy (non-hydrogen) atoms. The molecule has 11 heteroatoms. The van der Waals surface area contributed by atoms with Crippen LogP contribution < -0.4 is 9.64 Å². The fraction of sp³-hybridized carbons (Fsp3) is 0.517. The summed E-state index contributed by atoms with van der Waals surface area (Å²) >= 11 is 0. The van der Waals surface area contributed by atoms with Crippen LogP contribution in [0.4, 0.5) is 18.9 Å². The van der Waals surface area contributed by atoms with Gasteiger partial charge in [-0.25, -0.2) is 4.79 Å². The summed E-state index contributed by atoms with van der Waals surface area (Å²) in [5.41, 5.74) is -0.853. The van der Waals surface area contributed by atoms with Gasteiger partial charge in [0, 0.05) is 20.1 Å². The Morgan fingerprint density at radius 3 is 2.20 bits per heavy atom. The van der Waals surface area contributed by atoms with Crippen molar-refractivity contribution in [1.82, 2.24) is 0 Å². The summed E-state index contributed by atoms with van der Waals surface area (Å²) in [5, 5.41) is 9.28. The van der Waals surface area contributed by atoms with Gasteiger partial charge in [-0.15, -0.1) is 0 Å². The van der Waals surface area contributed by atoms with Crippen molar-refractivity contribution in [2.75, 3.05) is 39.4 Å². The molecule has 0 spiro atoms. The third-order valence-electron chi connectivity index (χ3n) is 7.08. The summed E-state index contributed by atoms with van der Waals surface area (Å²) in [6, 6.07) is 6.73. The molecule has 0 bridgehead atoms. The van der Waals surface area contributed by atoms with E-state index in [0.717, 1.165) is 25.0 Å². The molecule has 0 heterocycles. The smallest absolute Gasteiger partial charge is 0.419 e. The molecule has 1 saturated carbocycles. The highest BCUT2D eigenvalue weighted by atomic mass is 19.4. The molecule has 1 N–H and O–H groups in total. The van der Waals surface area contributed by atoms with Gasteiger partial charge in [-0.1, -0.05) is 13.0 Å². The third-order valence-corrected chi connectivity index (χ3v) is 7.08. The molecule has 1 aliphatic rings. The highest BCUT2D eigenvalue weighted by molar-refractivity contribution is 6.04. The number of benzene rings is 2. The summed E-state index contributed by atoms with van der Waals surface area (Å²) in [6.07, 6.45) is -1.56. The molecule has 0 unspecified atom stereocenters. The SMILES string of the molecule is COCC(COC)N(C(=O)C1CCC(C)CC1)c1ccc(Oc2ccc(CO)cc2C(F)(F)F)cc1C(=O)OC. The third kappa shape index (κ3) is 7.52. The van der Waals surface area contributed by atoms with E-state index in [2.05, 4.69) is 6.92 Å².